The minimum atomic E-state index is -4.57. The Balaban J connectivity index is 2.75. The molecule has 0 aliphatic rings. The number of methoxy groups -OCH3 is 1. The second-order valence-electron chi connectivity index (χ2n) is 4.26. The number of benzene rings is 2. The summed E-state index contributed by atoms with van der Waals surface area (Å²) in [6, 6.07) is 8.74. The third-order valence-corrected chi connectivity index (χ3v) is 2.98. The third-order valence-electron chi connectivity index (χ3n) is 2.98. The molecule has 0 spiro atoms. The molecule has 110 valence electrons. The highest BCUT2D eigenvalue weighted by molar-refractivity contribution is 5.97. The molecule has 2 rings (SSSR count). The van der Waals surface area contributed by atoms with Crippen LogP contribution >= 0.6 is 0 Å². The summed E-state index contributed by atoms with van der Waals surface area (Å²) >= 11 is 0. The van der Waals surface area contributed by atoms with Crippen molar-refractivity contribution < 1.29 is 27.8 Å². The summed E-state index contributed by atoms with van der Waals surface area (Å²) in [6.07, 6.45) is -4.57. The van der Waals surface area contributed by atoms with Crippen LogP contribution in [0.3, 0.4) is 0 Å². The lowest BCUT2D eigenvalue weighted by molar-refractivity contribution is -0.137. The Kier molecular flexibility index (Phi) is 3.88. The Hall–Kier alpha value is -2.50. The third kappa shape index (κ3) is 2.99. The Labute approximate surface area is 118 Å². The van der Waals surface area contributed by atoms with E-state index in [9.17, 15) is 18.0 Å². The maximum atomic E-state index is 13.1. The van der Waals surface area contributed by atoms with Crippen LogP contribution in [0.25, 0.3) is 11.1 Å². The highest BCUT2D eigenvalue weighted by atomic mass is 19.4. The Morgan fingerprint density at radius 3 is 2.33 bits per heavy atom. The lowest BCUT2D eigenvalue weighted by atomic mass is 9.95. The van der Waals surface area contributed by atoms with Gasteiger partial charge in [-0.05, 0) is 29.8 Å². The van der Waals surface area contributed by atoms with Crippen LogP contribution in [0.2, 0.25) is 0 Å². The number of carboxylic acids is 1. The number of carbonyl (C=O) groups is 1. The van der Waals surface area contributed by atoms with Gasteiger partial charge in [-0.1, -0.05) is 18.2 Å². The van der Waals surface area contributed by atoms with Gasteiger partial charge >= 0.3 is 12.1 Å². The van der Waals surface area contributed by atoms with Crippen LogP contribution in [0.15, 0.2) is 42.5 Å². The molecule has 6 heteroatoms. The number of alkyl halides is 3. The van der Waals surface area contributed by atoms with E-state index in [4.69, 9.17) is 9.84 Å². The normalized spacial score (nSPS) is 11.2. The Morgan fingerprint density at radius 2 is 1.76 bits per heavy atom. The van der Waals surface area contributed by atoms with Crippen molar-refractivity contribution in [1.29, 1.82) is 0 Å². The summed E-state index contributed by atoms with van der Waals surface area (Å²) in [7, 11) is 1.36. The predicted molar refractivity (Wildman–Crippen MR) is 70.4 cm³/mol. The second-order valence-corrected chi connectivity index (χ2v) is 4.26. The van der Waals surface area contributed by atoms with Crippen LogP contribution in [0, 0.1) is 0 Å². The van der Waals surface area contributed by atoms with Crippen LogP contribution in [0.1, 0.15) is 15.9 Å². The molecule has 2 aromatic carbocycles. The highest BCUT2D eigenvalue weighted by Gasteiger charge is 2.34. The van der Waals surface area contributed by atoms with Crippen molar-refractivity contribution in [3.8, 4) is 16.9 Å². The summed E-state index contributed by atoms with van der Waals surface area (Å²) in [5.74, 6) is -1.02. The summed E-state index contributed by atoms with van der Waals surface area (Å²) in [6.45, 7) is 0. The number of aromatic carboxylic acids is 1. The van der Waals surface area contributed by atoms with Crippen molar-refractivity contribution in [2.45, 2.75) is 6.18 Å². The molecule has 0 saturated heterocycles. The van der Waals surface area contributed by atoms with E-state index >= 15 is 0 Å². The zero-order valence-electron chi connectivity index (χ0n) is 10.9. The quantitative estimate of drug-likeness (QED) is 0.928. The average molecular weight is 296 g/mol. The lowest BCUT2D eigenvalue weighted by Gasteiger charge is -2.15. The minimum absolute atomic E-state index is 0.0326. The van der Waals surface area contributed by atoms with Crippen molar-refractivity contribution >= 4 is 5.97 Å². The summed E-state index contributed by atoms with van der Waals surface area (Å²) in [4.78, 5) is 11.2. The van der Waals surface area contributed by atoms with Gasteiger partial charge in [0.2, 0.25) is 0 Å². The first kappa shape index (κ1) is 14.9. The van der Waals surface area contributed by atoms with Gasteiger partial charge in [-0.25, -0.2) is 4.79 Å². The van der Waals surface area contributed by atoms with Gasteiger partial charge in [0.25, 0.3) is 0 Å². The van der Waals surface area contributed by atoms with Gasteiger partial charge in [-0.3, -0.25) is 0 Å². The van der Waals surface area contributed by atoms with Crippen molar-refractivity contribution in [3.63, 3.8) is 0 Å². The SMILES string of the molecule is COc1ccc(C(=O)O)c(-c2ccccc2C(F)(F)F)c1. The van der Waals surface area contributed by atoms with Crippen molar-refractivity contribution in [2.24, 2.45) is 0 Å². The molecule has 0 aromatic heterocycles. The molecule has 0 heterocycles. The second kappa shape index (κ2) is 5.47. The number of hydrogen-bond donors (Lipinski definition) is 1. The zero-order valence-corrected chi connectivity index (χ0v) is 10.9. The zero-order chi connectivity index (χ0) is 15.6. The van der Waals surface area contributed by atoms with Crippen molar-refractivity contribution in [1.82, 2.24) is 0 Å². The van der Waals surface area contributed by atoms with Gasteiger partial charge in [0.1, 0.15) is 5.75 Å². The molecule has 21 heavy (non-hydrogen) atoms. The maximum Gasteiger partial charge on any atom is 0.417 e. The van der Waals surface area contributed by atoms with Crippen LogP contribution in [0.5, 0.6) is 5.75 Å². The van der Waals surface area contributed by atoms with Crippen LogP contribution in [-0.4, -0.2) is 18.2 Å². The van der Waals surface area contributed by atoms with Gasteiger partial charge in [0.05, 0.1) is 18.2 Å². The average Bonchev–Trinajstić information content (AvgIpc) is 2.45. The maximum absolute atomic E-state index is 13.1. The number of halogens is 3. The van der Waals surface area contributed by atoms with E-state index in [1.54, 1.807) is 0 Å². The van der Waals surface area contributed by atoms with Crippen LogP contribution in [-0.2, 0) is 6.18 Å². The molecule has 0 aliphatic heterocycles. The number of rotatable bonds is 3. The fraction of sp³-hybridized carbons (Fsp3) is 0.133. The molecule has 0 fully saturated rings. The summed E-state index contributed by atoms with van der Waals surface area (Å²) in [5, 5.41) is 9.16. The van der Waals surface area contributed by atoms with Gasteiger partial charge in [-0.15, -0.1) is 0 Å². The van der Waals surface area contributed by atoms with E-state index in [1.165, 1.54) is 43.5 Å². The van der Waals surface area contributed by atoms with E-state index < -0.39 is 17.7 Å². The minimum Gasteiger partial charge on any atom is -0.497 e. The van der Waals surface area contributed by atoms with Gasteiger partial charge in [-0.2, -0.15) is 13.2 Å². The van der Waals surface area contributed by atoms with E-state index in [1.807, 2.05) is 0 Å². The molecule has 0 atom stereocenters. The molecular weight excluding hydrogens is 285 g/mol. The van der Waals surface area contributed by atoms with Gasteiger partial charge in [0, 0.05) is 5.56 Å². The molecule has 0 bridgehead atoms. The first-order valence-corrected chi connectivity index (χ1v) is 5.92. The molecule has 1 N–H and O–H groups in total. The van der Waals surface area contributed by atoms with Crippen molar-refractivity contribution in [3.05, 3.63) is 53.6 Å². The van der Waals surface area contributed by atoms with E-state index in [2.05, 4.69) is 0 Å². The largest absolute Gasteiger partial charge is 0.497 e. The standard InChI is InChI=1S/C15H11F3O3/c1-21-9-6-7-11(14(19)20)12(8-9)10-4-2-3-5-13(10)15(16,17)18/h2-8H,1H3,(H,19,20). The molecule has 2 aromatic rings. The van der Waals surface area contributed by atoms with E-state index in [0.29, 0.717) is 0 Å². The van der Waals surface area contributed by atoms with Crippen LogP contribution in [0.4, 0.5) is 13.2 Å². The lowest BCUT2D eigenvalue weighted by Crippen LogP contribution is -2.09. The fourth-order valence-corrected chi connectivity index (χ4v) is 2.02. The molecule has 0 aliphatic carbocycles. The molecule has 0 radical (unpaired) electrons. The fourth-order valence-electron chi connectivity index (χ4n) is 2.02. The number of ether oxygens (including phenoxy) is 1. The number of carboxylic acid groups (broad SMARTS) is 1. The van der Waals surface area contributed by atoms with Crippen LogP contribution < -0.4 is 4.74 Å². The first-order chi connectivity index (χ1) is 9.84. The smallest absolute Gasteiger partial charge is 0.417 e. The molecule has 0 saturated carbocycles. The topological polar surface area (TPSA) is 46.5 Å². The van der Waals surface area contributed by atoms with E-state index in [-0.39, 0.29) is 22.4 Å². The first-order valence-electron chi connectivity index (χ1n) is 5.92. The van der Waals surface area contributed by atoms with Gasteiger partial charge < -0.3 is 9.84 Å². The summed E-state index contributed by atoms with van der Waals surface area (Å²) in [5.41, 5.74) is -1.33. The van der Waals surface area contributed by atoms with Crippen molar-refractivity contribution in [2.75, 3.05) is 7.11 Å². The van der Waals surface area contributed by atoms with E-state index in [0.717, 1.165) is 6.07 Å². The monoisotopic (exact) mass is 296 g/mol. The highest BCUT2D eigenvalue weighted by Crippen LogP contribution is 2.39. The van der Waals surface area contributed by atoms with Gasteiger partial charge in [0.15, 0.2) is 0 Å². The Bertz CT molecular complexity index is 678. The molecule has 0 unspecified atom stereocenters. The number of hydrogen-bond acceptors (Lipinski definition) is 2. The molecule has 3 nitrogen and oxygen atoms in total. The summed E-state index contributed by atoms with van der Waals surface area (Å²) < 4.78 is 44.2. The predicted octanol–water partition coefficient (Wildman–Crippen LogP) is 4.08. The molecule has 0 amide bonds. The Morgan fingerprint density at radius 1 is 1.10 bits per heavy atom. The molecular formula is C15H11F3O3.